The lowest BCUT2D eigenvalue weighted by Gasteiger charge is -2.12. The molecule has 0 saturated heterocycles. The van der Waals surface area contributed by atoms with E-state index >= 15 is 0 Å². The molecule has 23 heavy (non-hydrogen) atoms. The second-order valence-corrected chi connectivity index (χ2v) is 6.37. The Morgan fingerprint density at radius 1 is 1.22 bits per heavy atom. The molecule has 2 N–H and O–H groups in total. The zero-order valence-electron chi connectivity index (χ0n) is 13.4. The third kappa shape index (κ3) is 4.67. The van der Waals surface area contributed by atoms with Gasteiger partial charge in [0.1, 0.15) is 5.76 Å². The molecule has 0 bridgehead atoms. The Morgan fingerprint density at radius 2 is 1.87 bits per heavy atom. The van der Waals surface area contributed by atoms with Gasteiger partial charge in [0.15, 0.2) is 5.69 Å². The number of carbonyl (C=O) groups excluding carboxylic acids is 1. The van der Waals surface area contributed by atoms with Gasteiger partial charge < -0.3 is 14.9 Å². The van der Waals surface area contributed by atoms with E-state index in [4.69, 9.17) is 9.63 Å². The van der Waals surface area contributed by atoms with Crippen LogP contribution in [0.3, 0.4) is 0 Å². The molecule has 0 atom stereocenters. The van der Waals surface area contributed by atoms with Gasteiger partial charge in [-0.1, -0.05) is 38.1 Å². The quantitative estimate of drug-likeness (QED) is 0.883. The van der Waals surface area contributed by atoms with Crippen molar-refractivity contribution >= 4 is 17.6 Å². The van der Waals surface area contributed by atoms with Crippen LogP contribution in [0.4, 0.5) is 5.69 Å². The Hall–Kier alpha value is -2.63. The van der Waals surface area contributed by atoms with Crippen molar-refractivity contribution in [2.75, 3.05) is 5.32 Å². The Bertz CT molecular complexity index is 696. The average molecular weight is 316 g/mol. The number of aromatic nitrogens is 1. The molecule has 0 fully saturated rings. The fourth-order valence-corrected chi connectivity index (χ4v) is 1.94. The molecule has 1 amide bonds. The van der Waals surface area contributed by atoms with Gasteiger partial charge in [-0.3, -0.25) is 9.59 Å². The van der Waals surface area contributed by atoms with E-state index in [2.05, 4.69) is 10.5 Å². The smallest absolute Gasteiger partial charge is 0.303 e. The van der Waals surface area contributed by atoms with E-state index in [1.54, 1.807) is 30.3 Å². The summed E-state index contributed by atoms with van der Waals surface area (Å²) < 4.78 is 5.19. The number of nitrogens with zero attached hydrogens (tertiary/aromatic N) is 1. The van der Waals surface area contributed by atoms with Crippen molar-refractivity contribution < 1.29 is 19.2 Å². The normalized spacial score (nSPS) is 11.3. The SMILES string of the molecule is CC(C)(C)c1cc(C(=O)Nc2ccc(CCC(=O)O)cc2)no1. The highest BCUT2D eigenvalue weighted by Crippen LogP contribution is 2.23. The molecule has 2 aromatic rings. The number of carbonyl (C=O) groups is 2. The minimum absolute atomic E-state index is 0.0836. The van der Waals surface area contributed by atoms with Crippen LogP contribution in [0, 0.1) is 0 Å². The van der Waals surface area contributed by atoms with Gasteiger partial charge in [0.05, 0.1) is 0 Å². The van der Waals surface area contributed by atoms with E-state index < -0.39 is 5.97 Å². The molecule has 122 valence electrons. The molecule has 1 heterocycles. The first kappa shape index (κ1) is 16.7. The van der Waals surface area contributed by atoms with Gasteiger partial charge in [0, 0.05) is 23.6 Å². The number of anilines is 1. The van der Waals surface area contributed by atoms with Gasteiger partial charge in [0.2, 0.25) is 0 Å². The van der Waals surface area contributed by atoms with Gasteiger partial charge in [-0.15, -0.1) is 0 Å². The fraction of sp³-hybridized carbons (Fsp3) is 0.353. The molecule has 1 aromatic carbocycles. The first-order valence-electron chi connectivity index (χ1n) is 7.35. The molecule has 0 aliphatic rings. The number of hydrogen-bond donors (Lipinski definition) is 2. The molecule has 0 aliphatic carbocycles. The lowest BCUT2D eigenvalue weighted by atomic mass is 9.93. The van der Waals surface area contributed by atoms with Crippen molar-refractivity contribution in [1.29, 1.82) is 0 Å². The summed E-state index contributed by atoms with van der Waals surface area (Å²) in [7, 11) is 0. The molecule has 1 aromatic heterocycles. The Kier molecular flexibility index (Phi) is 4.83. The topological polar surface area (TPSA) is 92.4 Å². The van der Waals surface area contributed by atoms with E-state index in [0.29, 0.717) is 17.9 Å². The second kappa shape index (κ2) is 6.64. The number of aryl methyl sites for hydroxylation is 1. The summed E-state index contributed by atoms with van der Waals surface area (Å²) in [5.74, 6) is -0.530. The van der Waals surface area contributed by atoms with Gasteiger partial charge in [0.25, 0.3) is 5.91 Å². The van der Waals surface area contributed by atoms with Crippen LogP contribution in [0.5, 0.6) is 0 Å². The standard InChI is InChI=1S/C17H20N2O4/c1-17(2,3)14-10-13(19-23-14)16(22)18-12-7-4-11(5-8-12)6-9-15(20)21/h4-5,7-8,10H,6,9H2,1-3H3,(H,18,22)(H,20,21). The van der Waals surface area contributed by atoms with Crippen molar-refractivity contribution in [2.45, 2.75) is 39.0 Å². The van der Waals surface area contributed by atoms with E-state index in [0.717, 1.165) is 5.56 Å². The van der Waals surface area contributed by atoms with Crippen LogP contribution >= 0.6 is 0 Å². The minimum atomic E-state index is -0.830. The molecule has 0 radical (unpaired) electrons. The summed E-state index contributed by atoms with van der Waals surface area (Å²) in [4.78, 5) is 22.7. The highest BCUT2D eigenvalue weighted by molar-refractivity contribution is 6.02. The summed E-state index contributed by atoms with van der Waals surface area (Å²) in [6.07, 6.45) is 0.544. The van der Waals surface area contributed by atoms with Gasteiger partial charge in [-0.25, -0.2) is 0 Å². The molecular weight excluding hydrogens is 296 g/mol. The van der Waals surface area contributed by atoms with Gasteiger partial charge in [-0.2, -0.15) is 0 Å². The highest BCUT2D eigenvalue weighted by atomic mass is 16.5. The Balaban J connectivity index is 2.00. The first-order valence-corrected chi connectivity index (χ1v) is 7.35. The van der Waals surface area contributed by atoms with Gasteiger partial charge >= 0.3 is 5.97 Å². The average Bonchev–Trinajstić information content (AvgIpc) is 2.96. The minimum Gasteiger partial charge on any atom is -0.481 e. The van der Waals surface area contributed by atoms with E-state index in [1.807, 2.05) is 20.8 Å². The maximum Gasteiger partial charge on any atom is 0.303 e. The largest absolute Gasteiger partial charge is 0.481 e. The lowest BCUT2D eigenvalue weighted by Crippen LogP contribution is -2.13. The summed E-state index contributed by atoms with van der Waals surface area (Å²) in [5, 5.41) is 15.2. The zero-order valence-corrected chi connectivity index (χ0v) is 13.4. The predicted octanol–water partition coefficient (Wildman–Crippen LogP) is 3.24. The maximum atomic E-state index is 12.1. The molecule has 0 unspecified atom stereocenters. The molecule has 0 aliphatic heterocycles. The Labute approximate surface area is 134 Å². The summed E-state index contributed by atoms with van der Waals surface area (Å²) in [6, 6.07) is 8.69. The predicted molar refractivity (Wildman–Crippen MR) is 85.6 cm³/mol. The molecule has 2 rings (SSSR count). The fourth-order valence-electron chi connectivity index (χ4n) is 1.94. The number of benzene rings is 1. The van der Waals surface area contributed by atoms with Crippen LogP contribution in [0.2, 0.25) is 0 Å². The zero-order chi connectivity index (χ0) is 17.0. The number of nitrogens with one attached hydrogen (secondary N) is 1. The number of amides is 1. The van der Waals surface area contributed by atoms with Crippen LogP contribution in [-0.4, -0.2) is 22.1 Å². The second-order valence-electron chi connectivity index (χ2n) is 6.37. The molecule has 6 nitrogen and oxygen atoms in total. The monoisotopic (exact) mass is 316 g/mol. The van der Waals surface area contributed by atoms with Crippen LogP contribution in [0.1, 0.15) is 49.0 Å². The summed E-state index contributed by atoms with van der Waals surface area (Å²) in [6.45, 7) is 5.93. The van der Waals surface area contributed by atoms with Crippen LogP contribution < -0.4 is 5.32 Å². The van der Waals surface area contributed by atoms with Crippen molar-refractivity contribution in [2.24, 2.45) is 0 Å². The van der Waals surface area contributed by atoms with Crippen molar-refractivity contribution in [1.82, 2.24) is 5.16 Å². The Morgan fingerprint density at radius 3 is 2.39 bits per heavy atom. The van der Waals surface area contributed by atoms with Gasteiger partial charge in [-0.05, 0) is 24.1 Å². The molecule has 6 heteroatoms. The van der Waals surface area contributed by atoms with E-state index in [9.17, 15) is 9.59 Å². The number of rotatable bonds is 5. The summed E-state index contributed by atoms with van der Waals surface area (Å²) in [5.41, 5.74) is 1.54. The molecule has 0 saturated carbocycles. The highest BCUT2D eigenvalue weighted by Gasteiger charge is 2.22. The number of aliphatic carboxylic acids is 1. The first-order chi connectivity index (χ1) is 10.8. The molecular formula is C17H20N2O4. The van der Waals surface area contributed by atoms with Crippen molar-refractivity contribution in [3.05, 3.63) is 47.3 Å². The van der Waals surface area contributed by atoms with Crippen molar-refractivity contribution in [3.63, 3.8) is 0 Å². The van der Waals surface area contributed by atoms with Crippen LogP contribution in [-0.2, 0) is 16.6 Å². The number of carboxylic acids is 1. The lowest BCUT2D eigenvalue weighted by molar-refractivity contribution is -0.136. The number of hydrogen-bond acceptors (Lipinski definition) is 4. The third-order valence-corrected chi connectivity index (χ3v) is 3.32. The van der Waals surface area contributed by atoms with Crippen LogP contribution in [0.25, 0.3) is 0 Å². The van der Waals surface area contributed by atoms with E-state index in [-0.39, 0.29) is 23.4 Å². The van der Waals surface area contributed by atoms with E-state index in [1.165, 1.54) is 0 Å². The molecule has 0 spiro atoms. The maximum absolute atomic E-state index is 12.1. The van der Waals surface area contributed by atoms with Crippen molar-refractivity contribution in [3.8, 4) is 0 Å². The third-order valence-electron chi connectivity index (χ3n) is 3.32. The summed E-state index contributed by atoms with van der Waals surface area (Å²) >= 11 is 0. The number of carboxylic acid groups (broad SMARTS) is 1. The van der Waals surface area contributed by atoms with Crippen LogP contribution in [0.15, 0.2) is 34.9 Å².